The van der Waals surface area contributed by atoms with Crippen LogP contribution in [-0.4, -0.2) is 12.8 Å². The molecule has 1 saturated carbocycles. The Morgan fingerprint density at radius 1 is 1.21 bits per heavy atom. The maximum absolute atomic E-state index is 12.5. The van der Waals surface area contributed by atoms with E-state index in [0.29, 0.717) is 6.42 Å². The van der Waals surface area contributed by atoms with Gasteiger partial charge in [0.1, 0.15) is 0 Å². The molecular weight excluding hydrogens is 192 g/mol. The average molecular weight is 203 g/mol. The van der Waals surface area contributed by atoms with E-state index in [-0.39, 0.29) is 17.6 Å². The van der Waals surface area contributed by atoms with Gasteiger partial charge in [-0.3, -0.25) is 4.79 Å². The van der Waals surface area contributed by atoms with E-state index in [2.05, 4.69) is 0 Å². The van der Waals surface area contributed by atoms with E-state index in [1.165, 1.54) is 0 Å². The number of rotatable bonds is 1. The number of hydrogen-bond donors (Lipinski definition) is 0. The van der Waals surface area contributed by atoms with Crippen molar-refractivity contribution in [2.24, 2.45) is 5.41 Å². The third-order valence-electron chi connectivity index (χ3n) is 3.31. The highest BCUT2D eigenvalue weighted by atomic mass is 19.4. The lowest BCUT2D eigenvalue weighted by molar-refractivity contribution is -0.119. The van der Waals surface area contributed by atoms with Crippen LogP contribution < -0.4 is 0 Å². The van der Waals surface area contributed by atoms with E-state index >= 15 is 0 Å². The summed E-state index contributed by atoms with van der Waals surface area (Å²) in [4.78, 5) is 11.2. The topological polar surface area (TPSA) is 17.1 Å². The van der Waals surface area contributed by atoms with Gasteiger partial charge in [-0.1, -0.05) is 12.8 Å². The Labute approximate surface area is 80.4 Å². The summed E-state index contributed by atoms with van der Waals surface area (Å²) in [7, 11) is 0. The summed E-state index contributed by atoms with van der Waals surface area (Å²) >= 11 is 0. The summed E-state index contributed by atoms with van der Waals surface area (Å²) in [5, 5.41) is 0. The molecule has 0 atom stereocenters. The second-order valence-electron chi connectivity index (χ2n) is 4.47. The van der Waals surface area contributed by atoms with Gasteiger partial charge in [-0.2, -0.15) is 0 Å². The quantitative estimate of drug-likeness (QED) is 0.598. The first kappa shape index (κ1) is 9.81. The Morgan fingerprint density at radius 3 is 2.29 bits per heavy atom. The van der Waals surface area contributed by atoms with Gasteiger partial charge in [-0.05, 0) is 24.3 Å². The lowest BCUT2D eigenvalue weighted by Crippen LogP contribution is -2.38. The molecule has 1 fully saturated rings. The molecule has 0 N–H and O–H groups in total. The van der Waals surface area contributed by atoms with Crippen LogP contribution in [0.5, 0.6) is 0 Å². The fraction of sp³-hybridized carbons (Fsp3) is 0.667. The standard InChI is InChI=1S/C9H11BF3O/c11-10(12,13)7-4-8(14)6-9(5-7)2-1-3-9/h4H,1-3,5-6H2/q-1. The number of ketones is 1. The van der Waals surface area contributed by atoms with Gasteiger partial charge >= 0.3 is 6.98 Å². The van der Waals surface area contributed by atoms with Gasteiger partial charge in [0.05, 0.1) is 0 Å². The van der Waals surface area contributed by atoms with E-state index in [0.717, 1.165) is 25.3 Å². The monoisotopic (exact) mass is 203 g/mol. The first-order valence-electron chi connectivity index (χ1n) is 4.85. The van der Waals surface area contributed by atoms with Crippen molar-refractivity contribution in [2.45, 2.75) is 32.1 Å². The third kappa shape index (κ3) is 1.60. The maximum Gasteiger partial charge on any atom is 0.505 e. The van der Waals surface area contributed by atoms with E-state index in [1.807, 2.05) is 0 Å². The summed E-state index contributed by atoms with van der Waals surface area (Å²) in [6.07, 6.45) is 3.73. The van der Waals surface area contributed by atoms with E-state index in [1.54, 1.807) is 0 Å². The molecule has 78 valence electrons. The van der Waals surface area contributed by atoms with Crippen molar-refractivity contribution in [3.63, 3.8) is 0 Å². The number of allylic oxidation sites excluding steroid dienone is 2. The largest absolute Gasteiger partial charge is 0.505 e. The Hall–Kier alpha value is -0.735. The predicted octanol–water partition coefficient (Wildman–Crippen LogP) is 2.83. The molecule has 2 aliphatic rings. The van der Waals surface area contributed by atoms with E-state index in [9.17, 15) is 17.7 Å². The first-order valence-corrected chi connectivity index (χ1v) is 4.85. The van der Waals surface area contributed by atoms with Gasteiger partial charge in [0, 0.05) is 6.42 Å². The van der Waals surface area contributed by atoms with Crippen LogP contribution >= 0.6 is 0 Å². The highest BCUT2D eigenvalue weighted by Gasteiger charge is 2.44. The zero-order valence-corrected chi connectivity index (χ0v) is 7.73. The molecule has 0 saturated heterocycles. The van der Waals surface area contributed by atoms with Crippen molar-refractivity contribution in [1.82, 2.24) is 0 Å². The Balaban J connectivity index is 2.22. The second kappa shape index (κ2) is 2.88. The van der Waals surface area contributed by atoms with Crippen molar-refractivity contribution in [3.05, 3.63) is 11.5 Å². The lowest BCUT2D eigenvalue weighted by Gasteiger charge is -2.46. The van der Waals surface area contributed by atoms with Crippen LogP contribution in [0.2, 0.25) is 0 Å². The van der Waals surface area contributed by atoms with Crippen molar-refractivity contribution < 1.29 is 17.7 Å². The molecule has 0 aromatic heterocycles. The molecular formula is C9H11BF3O-. The van der Waals surface area contributed by atoms with Gasteiger partial charge in [-0.25, -0.2) is 0 Å². The normalized spacial score (nSPS) is 25.9. The van der Waals surface area contributed by atoms with Crippen LogP contribution in [0, 0.1) is 5.41 Å². The molecule has 0 aliphatic heterocycles. The average Bonchev–Trinajstić information content (AvgIpc) is 1.98. The third-order valence-corrected chi connectivity index (χ3v) is 3.31. The van der Waals surface area contributed by atoms with Crippen LogP contribution in [0.4, 0.5) is 12.9 Å². The second-order valence-corrected chi connectivity index (χ2v) is 4.47. The van der Waals surface area contributed by atoms with Gasteiger partial charge < -0.3 is 12.9 Å². The van der Waals surface area contributed by atoms with Crippen LogP contribution in [0.3, 0.4) is 0 Å². The molecule has 1 spiro atoms. The lowest BCUT2D eigenvalue weighted by atomic mass is 9.56. The molecule has 14 heavy (non-hydrogen) atoms. The van der Waals surface area contributed by atoms with E-state index in [4.69, 9.17) is 0 Å². The van der Waals surface area contributed by atoms with Crippen LogP contribution in [0.25, 0.3) is 0 Å². The summed E-state index contributed by atoms with van der Waals surface area (Å²) in [6, 6.07) is 0. The summed E-state index contributed by atoms with van der Waals surface area (Å²) in [5.74, 6) is -0.342. The van der Waals surface area contributed by atoms with Crippen molar-refractivity contribution in [1.29, 1.82) is 0 Å². The molecule has 0 unspecified atom stereocenters. The Kier molecular flexibility index (Phi) is 2.01. The minimum Gasteiger partial charge on any atom is -0.445 e. The smallest absolute Gasteiger partial charge is 0.445 e. The molecule has 1 nitrogen and oxygen atoms in total. The molecule has 2 rings (SSSR count). The minimum atomic E-state index is -4.95. The van der Waals surface area contributed by atoms with Gasteiger partial charge in [0.15, 0.2) is 5.78 Å². The molecule has 0 bridgehead atoms. The van der Waals surface area contributed by atoms with Crippen LogP contribution in [0.15, 0.2) is 11.5 Å². The van der Waals surface area contributed by atoms with Crippen LogP contribution in [-0.2, 0) is 4.79 Å². The first-order chi connectivity index (χ1) is 6.41. The molecule has 0 heterocycles. The van der Waals surface area contributed by atoms with Crippen molar-refractivity contribution >= 4 is 12.8 Å². The summed E-state index contributed by atoms with van der Waals surface area (Å²) < 4.78 is 37.4. The highest BCUT2D eigenvalue weighted by molar-refractivity contribution is 6.67. The summed E-state index contributed by atoms with van der Waals surface area (Å²) in [6.45, 7) is -4.95. The number of carbonyl (C=O) groups is 1. The van der Waals surface area contributed by atoms with Crippen molar-refractivity contribution in [2.75, 3.05) is 0 Å². The zero-order chi connectivity index (χ0) is 10.4. The molecule has 0 aromatic carbocycles. The van der Waals surface area contributed by atoms with Gasteiger partial charge in [0.2, 0.25) is 0 Å². The summed E-state index contributed by atoms with van der Waals surface area (Å²) in [5.41, 5.74) is -0.890. The molecule has 0 radical (unpaired) electrons. The number of carbonyl (C=O) groups excluding carboxylic acids is 1. The minimum absolute atomic E-state index is 0.0717. The SMILES string of the molecule is O=C1C=C([B-](F)(F)F)CC2(CCC2)C1. The maximum atomic E-state index is 12.5. The fourth-order valence-electron chi connectivity index (χ4n) is 2.41. The zero-order valence-electron chi connectivity index (χ0n) is 7.73. The fourth-order valence-corrected chi connectivity index (χ4v) is 2.41. The Bertz CT molecular complexity index is 302. The number of halogens is 3. The molecule has 0 amide bonds. The molecule has 5 heteroatoms. The molecule has 2 aliphatic carbocycles. The van der Waals surface area contributed by atoms with Gasteiger partial charge in [-0.15, -0.1) is 5.47 Å². The number of hydrogen-bond acceptors (Lipinski definition) is 1. The van der Waals surface area contributed by atoms with Crippen molar-refractivity contribution in [3.8, 4) is 0 Å². The highest BCUT2D eigenvalue weighted by Crippen LogP contribution is 2.52. The molecule has 0 aromatic rings. The van der Waals surface area contributed by atoms with E-state index < -0.39 is 12.4 Å². The van der Waals surface area contributed by atoms with Gasteiger partial charge in [0.25, 0.3) is 0 Å². The Morgan fingerprint density at radius 2 is 1.86 bits per heavy atom. The van der Waals surface area contributed by atoms with Crippen LogP contribution in [0.1, 0.15) is 32.1 Å². The predicted molar refractivity (Wildman–Crippen MR) is 47.7 cm³/mol.